The minimum absolute atomic E-state index is 0.219. The zero-order chi connectivity index (χ0) is 13.8. The van der Waals surface area contributed by atoms with Crippen molar-refractivity contribution in [3.63, 3.8) is 0 Å². The van der Waals surface area contributed by atoms with Crippen molar-refractivity contribution in [2.75, 3.05) is 11.9 Å². The standard InChI is InChI=1S/C12H10Cl3N3O/c1-2-16-12-17-6-8(14)11(18-12)19-9-5-3-4-7(13)10(9)15/h3-6H,2H2,1H3,(H,16,17,18). The Balaban J connectivity index is 2.32. The molecule has 7 heteroatoms. The quantitative estimate of drug-likeness (QED) is 0.890. The summed E-state index contributed by atoms with van der Waals surface area (Å²) in [6.45, 7) is 2.63. The first-order valence-electron chi connectivity index (χ1n) is 5.50. The van der Waals surface area contributed by atoms with Gasteiger partial charge in [-0.05, 0) is 19.1 Å². The molecule has 0 aliphatic heterocycles. The normalized spacial score (nSPS) is 10.3. The van der Waals surface area contributed by atoms with Crippen LogP contribution in [0.15, 0.2) is 24.4 Å². The van der Waals surface area contributed by atoms with E-state index in [1.54, 1.807) is 18.2 Å². The number of anilines is 1. The van der Waals surface area contributed by atoms with Gasteiger partial charge in [0.15, 0.2) is 0 Å². The summed E-state index contributed by atoms with van der Waals surface area (Å²) >= 11 is 17.9. The highest BCUT2D eigenvalue weighted by molar-refractivity contribution is 6.43. The Kier molecular flexibility index (Phi) is 4.69. The summed E-state index contributed by atoms with van der Waals surface area (Å²) in [4.78, 5) is 8.17. The van der Waals surface area contributed by atoms with Crippen LogP contribution in [0.25, 0.3) is 0 Å². The fraction of sp³-hybridized carbons (Fsp3) is 0.167. The highest BCUT2D eigenvalue weighted by Crippen LogP contribution is 2.36. The van der Waals surface area contributed by atoms with Crippen LogP contribution in [0.5, 0.6) is 11.6 Å². The predicted octanol–water partition coefficient (Wildman–Crippen LogP) is 4.66. The van der Waals surface area contributed by atoms with Crippen LogP contribution in [-0.2, 0) is 0 Å². The molecule has 0 unspecified atom stereocenters. The van der Waals surface area contributed by atoms with E-state index in [9.17, 15) is 0 Å². The molecule has 19 heavy (non-hydrogen) atoms. The monoisotopic (exact) mass is 317 g/mol. The maximum absolute atomic E-state index is 6.04. The minimum Gasteiger partial charge on any atom is -0.436 e. The molecule has 0 fully saturated rings. The first kappa shape index (κ1) is 14.2. The summed E-state index contributed by atoms with van der Waals surface area (Å²) in [5.74, 6) is 1.04. The van der Waals surface area contributed by atoms with Gasteiger partial charge in [-0.2, -0.15) is 4.98 Å². The van der Waals surface area contributed by atoms with Crippen molar-refractivity contribution in [2.45, 2.75) is 6.92 Å². The minimum atomic E-state index is 0.219. The highest BCUT2D eigenvalue weighted by atomic mass is 35.5. The molecule has 0 bridgehead atoms. The van der Waals surface area contributed by atoms with E-state index in [1.807, 2.05) is 6.92 Å². The van der Waals surface area contributed by atoms with E-state index in [2.05, 4.69) is 15.3 Å². The van der Waals surface area contributed by atoms with E-state index < -0.39 is 0 Å². The topological polar surface area (TPSA) is 47.0 Å². The van der Waals surface area contributed by atoms with Crippen LogP contribution < -0.4 is 10.1 Å². The van der Waals surface area contributed by atoms with E-state index in [4.69, 9.17) is 39.5 Å². The van der Waals surface area contributed by atoms with Crippen LogP contribution in [0.2, 0.25) is 15.1 Å². The summed E-state index contributed by atoms with van der Waals surface area (Å²) in [6, 6.07) is 5.08. The van der Waals surface area contributed by atoms with E-state index in [0.717, 1.165) is 0 Å². The highest BCUT2D eigenvalue weighted by Gasteiger charge is 2.11. The largest absolute Gasteiger partial charge is 0.436 e. The Hall–Kier alpha value is -1.23. The molecule has 100 valence electrons. The second-order valence-electron chi connectivity index (χ2n) is 3.53. The Morgan fingerprint density at radius 2 is 2.00 bits per heavy atom. The van der Waals surface area contributed by atoms with E-state index in [-0.39, 0.29) is 10.9 Å². The SMILES string of the molecule is CCNc1ncc(Cl)c(Oc2cccc(Cl)c2Cl)n1. The van der Waals surface area contributed by atoms with Crippen LogP contribution in [0.4, 0.5) is 5.95 Å². The van der Waals surface area contributed by atoms with Crippen molar-refractivity contribution < 1.29 is 4.74 Å². The molecule has 1 aromatic carbocycles. The Morgan fingerprint density at radius 1 is 1.21 bits per heavy atom. The van der Waals surface area contributed by atoms with Crippen molar-refractivity contribution >= 4 is 40.8 Å². The lowest BCUT2D eigenvalue weighted by molar-refractivity contribution is 0.463. The van der Waals surface area contributed by atoms with Crippen LogP contribution in [0.1, 0.15) is 6.92 Å². The van der Waals surface area contributed by atoms with Gasteiger partial charge in [0.25, 0.3) is 0 Å². The number of rotatable bonds is 4. The maximum atomic E-state index is 6.04. The third-order valence-electron chi connectivity index (χ3n) is 2.17. The van der Waals surface area contributed by atoms with E-state index >= 15 is 0 Å². The number of hydrogen-bond donors (Lipinski definition) is 1. The summed E-state index contributed by atoms with van der Waals surface area (Å²) in [6.07, 6.45) is 1.46. The molecule has 0 saturated carbocycles. The van der Waals surface area contributed by atoms with E-state index in [0.29, 0.717) is 28.3 Å². The first-order chi connectivity index (χ1) is 9.11. The Morgan fingerprint density at radius 3 is 2.74 bits per heavy atom. The molecule has 0 saturated heterocycles. The molecular formula is C12H10Cl3N3O. The van der Waals surface area contributed by atoms with Crippen molar-refractivity contribution in [2.24, 2.45) is 0 Å². The van der Waals surface area contributed by atoms with E-state index in [1.165, 1.54) is 6.20 Å². The number of ether oxygens (including phenoxy) is 1. The molecular weight excluding hydrogens is 309 g/mol. The molecule has 0 atom stereocenters. The van der Waals surface area contributed by atoms with Gasteiger partial charge < -0.3 is 10.1 Å². The second-order valence-corrected chi connectivity index (χ2v) is 4.72. The Bertz CT molecular complexity index is 592. The smallest absolute Gasteiger partial charge is 0.243 e. The molecule has 2 aromatic rings. The Labute approximate surface area is 125 Å². The van der Waals surface area contributed by atoms with Gasteiger partial charge in [-0.25, -0.2) is 4.98 Å². The van der Waals surface area contributed by atoms with Crippen molar-refractivity contribution in [1.29, 1.82) is 0 Å². The van der Waals surface area contributed by atoms with Gasteiger partial charge in [-0.15, -0.1) is 0 Å². The van der Waals surface area contributed by atoms with Gasteiger partial charge in [-0.1, -0.05) is 40.9 Å². The van der Waals surface area contributed by atoms with Gasteiger partial charge >= 0.3 is 0 Å². The zero-order valence-electron chi connectivity index (χ0n) is 9.95. The summed E-state index contributed by atoms with van der Waals surface area (Å²) < 4.78 is 5.57. The van der Waals surface area contributed by atoms with Gasteiger partial charge in [0.2, 0.25) is 11.8 Å². The summed E-state index contributed by atoms with van der Waals surface area (Å²) in [5.41, 5.74) is 0. The predicted molar refractivity (Wildman–Crippen MR) is 77.7 cm³/mol. The van der Waals surface area contributed by atoms with Gasteiger partial charge in [0, 0.05) is 6.54 Å². The average Bonchev–Trinajstić information content (AvgIpc) is 2.39. The summed E-state index contributed by atoms with van der Waals surface area (Å²) in [5, 5.41) is 3.96. The number of halogens is 3. The third kappa shape index (κ3) is 3.41. The lowest BCUT2D eigenvalue weighted by Crippen LogP contribution is -2.03. The van der Waals surface area contributed by atoms with Gasteiger partial charge in [-0.3, -0.25) is 0 Å². The first-order valence-corrected chi connectivity index (χ1v) is 6.63. The van der Waals surface area contributed by atoms with Crippen molar-refractivity contribution in [3.8, 4) is 11.6 Å². The number of nitrogens with one attached hydrogen (secondary N) is 1. The average molecular weight is 319 g/mol. The fourth-order valence-electron chi connectivity index (χ4n) is 1.33. The lowest BCUT2D eigenvalue weighted by atomic mass is 10.3. The molecule has 0 aliphatic carbocycles. The van der Waals surface area contributed by atoms with Crippen molar-refractivity contribution in [1.82, 2.24) is 9.97 Å². The molecule has 1 heterocycles. The molecule has 2 rings (SSSR count). The maximum Gasteiger partial charge on any atom is 0.243 e. The van der Waals surface area contributed by atoms with Crippen LogP contribution in [0.3, 0.4) is 0 Å². The number of aromatic nitrogens is 2. The molecule has 0 aliphatic rings. The van der Waals surface area contributed by atoms with Crippen LogP contribution in [-0.4, -0.2) is 16.5 Å². The molecule has 1 N–H and O–H groups in total. The second kappa shape index (κ2) is 6.28. The molecule has 4 nitrogen and oxygen atoms in total. The number of nitrogens with zero attached hydrogens (tertiary/aromatic N) is 2. The summed E-state index contributed by atoms with van der Waals surface area (Å²) in [7, 11) is 0. The molecule has 1 aromatic heterocycles. The number of hydrogen-bond acceptors (Lipinski definition) is 4. The molecule has 0 radical (unpaired) electrons. The van der Waals surface area contributed by atoms with Crippen LogP contribution >= 0.6 is 34.8 Å². The zero-order valence-corrected chi connectivity index (χ0v) is 12.2. The van der Waals surface area contributed by atoms with Crippen LogP contribution in [0, 0.1) is 0 Å². The molecule has 0 spiro atoms. The lowest BCUT2D eigenvalue weighted by Gasteiger charge is -2.10. The number of benzene rings is 1. The van der Waals surface area contributed by atoms with Gasteiger partial charge in [0.05, 0.1) is 11.2 Å². The third-order valence-corrected chi connectivity index (χ3v) is 3.23. The van der Waals surface area contributed by atoms with Gasteiger partial charge in [0.1, 0.15) is 15.8 Å². The molecule has 0 amide bonds. The van der Waals surface area contributed by atoms with Crippen molar-refractivity contribution in [3.05, 3.63) is 39.5 Å². The fourth-order valence-corrected chi connectivity index (χ4v) is 1.79.